The van der Waals surface area contributed by atoms with E-state index < -0.39 is 0 Å². The van der Waals surface area contributed by atoms with E-state index >= 15 is 0 Å². The van der Waals surface area contributed by atoms with E-state index in [-0.39, 0.29) is 17.4 Å². The van der Waals surface area contributed by atoms with Crippen molar-refractivity contribution in [1.82, 2.24) is 4.98 Å². The van der Waals surface area contributed by atoms with Gasteiger partial charge in [0.1, 0.15) is 0 Å². The number of nitrogens with one attached hydrogen (secondary N) is 1. The van der Waals surface area contributed by atoms with Gasteiger partial charge in [0.05, 0.1) is 11.6 Å². The van der Waals surface area contributed by atoms with Crippen LogP contribution in [0.15, 0.2) is 66.0 Å². The molecule has 4 nitrogen and oxygen atoms in total. The number of aromatic nitrogens is 1. The number of nitro groups is 1. The van der Waals surface area contributed by atoms with Crippen molar-refractivity contribution < 1.29 is 4.92 Å². The number of hydrogen-bond donors (Lipinski definition) is 1. The number of nitrogens with zero attached hydrogens (tertiary/aromatic N) is 1. The molecule has 0 saturated carbocycles. The molecule has 1 N–H and O–H groups in total. The number of rotatable bonds is 5. The lowest BCUT2D eigenvalue weighted by Crippen LogP contribution is -2.13. The van der Waals surface area contributed by atoms with Gasteiger partial charge in [-0.15, -0.1) is 11.3 Å². The van der Waals surface area contributed by atoms with Gasteiger partial charge < -0.3 is 4.98 Å². The first kappa shape index (κ1) is 16.5. The molecule has 0 bridgehead atoms. The van der Waals surface area contributed by atoms with Crippen molar-refractivity contribution in [2.45, 2.75) is 12.8 Å². The molecular formula is C21H18N2O2S. The summed E-state index contributed by atoms with van der Waals surface area (Å²) in [5, 5.41) is 14.5. The summed E-state index contributed by atoms with van der Waals surface area (Å²) in [4.78, 5) is 15.8. The smallest absolute Gasteiger partial charge is 0.215 e. The van der Waals surface area contributed by atoms with Crippen LogP contribution in [0.4, 0.5) is 0 Å². The third-order valence-electron chi connectivity index (χ3n) is 4.62. The Morgan fingerprint density at radius 2 is 1.92 bits per heavy atom. The average Bonchev–Trinajstić information content (AvgIpc) is 3.28. The zero-order chi connectivity index (χ0) is 18.1. The first-order valence-electron chi connectivity index (χ1n) is 8.46. The molecule has 0 aliphatic heterocycles. The summed E-state index contributed by atoms with van der Waals surface area (Å²) in [6.07, 6.45) is 0. The van der Waals surface area contributed by atoms with Gasteiger partial charge in [0.2, 0.25) is 6.54 Å². The second-order valence-corrected chi connectivity index (χ2v) is 7.39. The molecular weight excluding hydrogens is 344 g/mol. The molecule has 26 heavy (non-hydrogen) atoms. The van der Waals surface area contributed by atoms with Crippen molar-refractivity contribution in [3.63, 3.8) is 0 Å². The highest BCUT2D eigenvalue weighted by molar-refractivity contribution is 7.10. The van der Waals surface area contributed by atoms with E-state index in [0.29, 0.717) is 0 Å². The quantitative estimate of drug-likeness (QED) is 0.370. The van der Waals surface area contributed by atoms with Crippen LogP contribution >= 0.6 is 11.3 Å². The molecule has 0 spiro atoms. The van der Waals surface area contributed by atoms with E-state index in [0.717, 1.165) is 38.2 Å². The fraction of sp³-hybridized carbons (Fsp3) is 0.143. The first-order chi connectivity index (χ1) is 12.6. The van der Waals surface area contributed by atoms with Gasteiger partial charge in [0.25, 0.3) is 0 Å². The van der Waals surface area contributed by atoms with E-state index in [4.69, 9.17) is 0 Å². The van der Waals surface area contributed by atoms with Crippen molar-refractivity contribution in [2.75, 3.05) is 6.54 Å². The van der Waals surface area contributed by atoms with Crippen molar-refractivity contribution in [1.29, 1.82) is 0 Å². The van der Waals surface area contributed by atoms with Crippen LogP contribution in [0.2, 0.25) is 0 Å². The van der Waals surface area contributed by atoms with Crippen molar-refractivity contribution in [3.8, 4) is 11.3 Å². The molecule has 4 rings (SSSR count). The fourth-order valence-corrected chi connectivity index (χ4v) is 4.32. The van der Waals surface area contributed by atoms with E-state index in [2.05, 4.69) is 30.1 Å². The van der Waals surface area contributed by atoms with Gasteiger partial charge in [-0.3, -0.25) is 10.1 Å². The number of aromatic amines is 1. The standard InChI is InChI=1S/C21H18N2O2S/c1-14-9-10-16-18(12-14)22-21(15-6-3-2-4-7-15)20(16)17(13-23(24)25)19-8-5-11-26-19/h2-12,17,22H,13H2,1H3/t17-/m0/s1. The Bertz CT molecular complexity index is 1050. The number of hydrogen-bond acceptors (Lipinski definition) is 3. The number of benzene rings is 2. The van der Waals surface area contributed by atoms with Crippen LogP contribution in [0.1, 0.15) is 21.9 Å². The largest absolute Gasteiger partial charge is 0.354 e. The van der Waals surface area contributed by atoms with Gasteiger partial charge in [0, 0.05) is 26.3 Å². The number of fused-ring (bicyclic) bond motifs is 1. The van der Waals surface area contributed by atoms with Crippen molar-refractivity contribution in [2.24, 2.45) is 0 Å². The van der Waals surface area contributed by atoms with Crippen LogP contribution in [0.25, 0.3) is 22.2 Å². The molecule has 0 unspecified atom stereocenters. The molecule has 0 aliphatic carbocycles. The molecule has 5 heteroatoms. The summed E-state index contributed by atoms with van der Waals surface area (Å²) >= 11 is 1.57. The summed E-state index contributed by atoms with van der Waals surface area (Å²) in [6.45, 7) is 1.93. The van der Waals surface area contributed by atoms with Crippen LogP contribution in [0, 0.1) is 17.0 Å². The highest BCUT2D eigenvalue weighted by Gasteiger charge is 2.28. The Balaban J connectivity index is 2.00. The lowest BCUT2D eigenvalue weighted by Gasteiger charge is -2.14. The SMILES string of the molecule is Cc1ccc2c([C@@H](C[N+](=O)[O-])c3cccs3)c(-c3ccccc3)[nH]c2c1. The predicted octanol–water partition coefficient (Wildman–Crippen LogP) is 5.61. The molecule has 4 aromatic rings. The average molecular weight is 362 g/mol. The maximum absolute atomic E-state index is 11.4. The summed E-state index contributed by atoms with van der Waals surface area (Å²) in [6, 6.07) is 20.2. The second-order valence-electron chi connectivity index (χ2n) is 6.41. The summed E-state index contributed by atoms with van der Waals surface area (Å²) in [7, 11) is 0. The van der Waals surface area contributed by atoms with Crippen molar-refractivity contribution >= 4 is 22.2 Å². The number of thiophene rings is 1. The maximum atomic E-state index is 11.4. The lowest BCUT2D eigenvalue weighted by molar-refractivity contribution is -0.481. The van der Waals surface area contributed by atoms with Gasteiger partial charge in [-0.1, -0.05) is 48.5 Å². The molecule has 2 aromatic heterocycles. The van der Waals surface area contributed by atoms with Gasteiger partial charge in [-0.05, 0) is 35.6 Å². The molecule has 2 aromatic carbocycles. The molecule has 0 aliphatic rings. The minimum absolute atomic E-state index is 0.124. The summed E-state index contributed by atoms with van der Waals surface area (Å²) in [5.41, 5.74) is 5.19. The normalized spacial score (nSPS) is 12.3. The molecule has 0 radical (unpaired) electrons. The lowest BCUT2D eigenvalue weighted by atomic mass is 9.91. The minimum atomic E-state index is -0.281. The highest BCUT2D eigenvalue weighted by atomic mass is 32.1. The maximum Gasteiger partial charge on any atom is 0.215 e. The van der Waals surface area contributed by atoms with E-state index in [1.54, 1.807) is 11.3 Å². The topological polar surface area (TPSA) is 58.9 Å². The molecule has 0 amide bonds. The molecule has 2 heterocycles. The monoisotopic (exact) mass is 362 g/mol. The summed E-state index contributed by atoms with van der Waals surface area (Å²) in [5.74, 6) is -0.281. The highest BCUT2D eigenvalue weighted by Crippen LogP contribution is 2.40. The Morgan fingerprint density at radius 1 is 1.12 bits per heavy atom. The Hall–Kier alpha value is -2.92. The van der Waals surface area contributed by atoms with Gasteiger partial charge in [-0.25, -0.2) is 0 Å². The molecule has 130 valence electrons. The Labute approximate surface area is 155 Å². The number of H-pyrrole nitrogens is 1. The van der Waals surface area contributed by atoms with Crippen molar-refractivity contribution in [3.05, 3.63) is 92.2 Å². The van der Waals surface area contributed by atoms with Crippen LogP contribution in [0.3, 0.4) is 0 Å². The summed E-state index contributed by atoms with van der Waals surface area (Å²) < 4.78 is 0. The van der Waals surface area contributed by atoms with Crippen LogP contribution in [0.5, 0.6) is 0 Å². The minimum Gasteiger partial charge on any atom is -0.354 e. The zero-order valence-corrected chi connectivity index (χ0v) is 15.1. The Morgan fingerprint density at radius 3 is 2.62 bits per heavy atom. The van der Waals surface area contributed by atoms with Gasteiger partial charge >= 0.3 is 0 Å². The van der Waals surface area contributed by atoms with E-state index in [1.165, 1.54) is 0 Å². The Kier molecular flexibility index (Phi) is 4.31. The fourth-order valence-electron chi connectivity index (χ4n) is 3.49. The van der Waals surface area contributed by atoms with Crippen LogP contribution in [-0.2, 0) is 0 Å². The van der Waals surface area contributed by atoms with E-state index in [1.807, 2.05) is 47.8 Å². The molecule has 1 atom stereocenters. The number of aryl methyl sites for hydroxylation is 1. The molecule has 0 fully saturated rings. The third-order valence-corrected chi connectivity index (χ3v) is 5.61. The first-order valence-corrected chi connectivity index (χ1v) is 9.34. The van der Waals surface area contributed by atoms with Gasteiger partial charge in [0.15, 0.2) is 0 Å². The van der Waals surface area contributed by atoms with Crippen LogP contribution < -0.4 is 0 Å². The second kappa shape index (κ2) is 6.77. The zero-order valence-electron chi connectivity index (χ0n) is 14.3. The third kappa shape index (κ3) is 3.02. The van der Waals surface area contributed by atoms with E-state index in [9.17, 15) is 10.1 Å². The van der Waals surface area contributed by atoms with Gasteiger partial charge in [-0.2, -0.15) is 0 Å². The predicted molar refractivity (Wildman–Crippen MR) is 106 cm³/mol. The van der Waals surface area contributed by atoms with Crippen LogP contribution in [-0.4, -0.2) is 16.5 Å². The molecule has 0 saturated heterocycles.